The van der Waals surface area contributed by atoms with Gasteiger partial charge >= 0.3 is 0 Å². The van der Waals surface area contributed by atoms with Crippen LogP contribution in [0.25, 0.3) is 0 Å². The first-order chi connectivity index (χ1) is 9.13. The quantitative estimate of drug-likeness (QED) is 0.845. The highest BCUT2D eigenvalue weighted by Gasteiger charge is 2.17. The van der Waals surface area contributed by atoms with E-state index in [0.717, 1.165) is 11.1 Å². The summed E-state index contributed by atoms with van der Waals surface area (Å²) in [6.07, 6.45) is 0.554. The molecule has 0 aliphatic heterocycles. The number of hydrogen-bond donors (Lipinski definition) is 1. The number of aliphatic hydroxyl groups is 1. The highest BCUT2D eigenvalue weighted by Crippen LogP contribution is 2.32. The van der Waals surface area contributed by atoms with Crippen molar-refractivity contribution in [2.75, 3.05) is 6.61 Å². The number of rotatable bonds is 4. The maximum absolute atomic E-state index is 9.60. The Balaban J connectivity index is 2.32. The Kier molecular flexibility index (Phi) is 5.12. The van der Waals surface area contributed by atoms with Crippen LogP contribution in [-0.2, 0) is 6.42 Å². The first kappa shape index (κ1) is 14.7. The van der Waals surface area contributed by atoms with E-state index in [2.05, 4.69) is 0 Å². The summed E-state index contributed by atoms with van der Waals surface area (Å²) in [4.78, 5) is 0. The van der Waals surface area contributed by atoms with Crippen molar-refractivity contribution in [3.05, 3.63) is 68.7 Å². The first-order valence-electron chi connectivity index (χ1n) is 5.91. The van der Waals surface area contributed by atoms with Gasteiger partial charge in [0.2, 0.25) is 0 Å². The SMILES string of the molecule is OC[C@@H](Cc1c(Cl)cccc1Cl)c1ccccc1Cl. The number of hydrogen-bond acceptors (Lipinski definition) is 1. The van der Waals surface area contributed by atoms with Gasteiger partial charge in [0.1, 0.15) is 0 Å². The molecule has 19 heavy (non-hydrogen) atoms. The van der Waals surface area contributed by atoms with Gasteiger partial charge in [0, 0.05) is 21.0 Å². The fourth-order valence-electron chi connectivity index (χ4n) is 2.05. The third kappa shape index (κ3) is 3.43. The highest BCUT2D eigenvalue weighted by molar-refractivity contribution is 6.36. The molecule has 100 valence electrons. The molecule has 2 aromatic rings. The van der Waals surface area contributed by atoms with Crippen LogP contribution in [0, 0.1) is 0 Å². The zero-order valence-electron chi connectivity index (χ0n) is 10.1. The van der Waals surface area contributed by atoms with Crippen LogP contribution < -0.4 is 0 Å². The Bertz CT molecular complexity index is 549. The molecule has 0 unspecified atom stereocenters. The average Bonchev–Trinajstić information content (AvgIpc) is 2.40. The highest BCUT2D eigenvalue weighted by atomic mass is 35.5. The van der Waals surface area contributed by atoms with Crippen molar-refractivity contribution < 1.29 is 5.11 Å². The van der Waals surface area contributed by atoms with Gasteiger partial charge in [-0.3, -0.25) is 0 Å². The van der Waals surface area contributed by atoms with Crippen LogP contribution in [0.4, 0.5) is 0 Å². The second-order valence-electron chi connectivity index (χ2n) is 4.31. The molecule has 4 heteroatoms. The van der Waals surface area contributed by atoms with E-state index < -0.39 is 0 Å². The van der Waals surface area contributed by atoms with Gasteiger partial charge in [0.15, 0.2) is 0 Å². The van der Waals surface area contributed by atoms with E-state index in [4.69, 9.17) is 34.8 Å². The van der Waals surface area contributed by atoms with Crippen LogP contribution in [0.3, 0.4) is 0 Å². The van der Waals surface area contributed by atoms with Crippen molar-refractivity contribution in [2.45, 2.75) is 12.3 Å². The average molecular weight is 316 g/mol. The lowest BCUT2D eigenvalue weighted by Crippen LogP contribution is -2.09. The lowest BCUT2D eigenvalue weighted by atomic mass is 9.92. The van der Waals surface area contributed by atoms with Crippen molar-refractivity contribution in [2.24, 2.45) is 0 Å². The molecule has 2 aromatic carbocycles. The zero-order valence-corrected chi connectivity index (χ0v) is 12.4. The van der Waals surface area contributed by atoms with Gasteiger partial charge in [-0.05, 0) is 35.7 Å². The van der Waals surface area contributed by atoms with Crippen molar-refractivity contribution in [1.82, 2.24) is 0 Å². The molecule has 1 N–H and O–H groups in total. The van der Waals surface area contributed by atoms with Crippen LogP contribution in [0.5, 0.6) is 0 Å². The maximum atomic E-state index is 9.60. The molecule has 2 rings (SSSR count). The monoisotopic (exact) mass is 314 g/mol. The normalized spacial score (nSPS) is 12.4. The summed E-state index contributed by atoms with van der Waals surface area (Å²) in [5, 5.41) is 11.5. The standard InChI is InChI=1S/C15H13Cl3O/c16-13-5-2-1-4-11(13)10(9-19)8-12-14(17)6-3-7-15(12)18/h1-7,10,19H,8-9H2/t10-/m1/s1. The fourth-order valence-corrected chi connectivity index (χ4v) is 2.89. The first-order valence-corrected chi connectivity index (χ1v) is 7.05. The Morgan fingerprint density at radius 3 is 2.00 bits per heavy atom. The number of benzene rings is 2. The molecule has 0 spiro atoms. The summed E-state index contributed by atoms with van der Waals surface area (Å²) in [5.74, 6) is -0.119. The molecule has 0 bridgehead atoms. The van der Waals surface area contributed by atoms with Crippen LogP contribution in [-0.4, -0.2) is 11.7 Å². The van der Waals surface area contributed by atoms with Gasteiger partial charge in [0.05, 0.1) is 6.61 Å². The lowest BCUT2D eigenvalue weighted by Gasteiger charge is -2.17. The Morgan fingerprint density at radius 1 is 0.842 bits per heavy atom. The molecule has 0 aliphatic carbocycles. The fraction of sp³-hybridized carbons (Fsp3) is 0.200. The molecule has 0 saturated heterocycles. The van der Waals surface area contributed by atoms with Crippen LogP contribution in [0.1, 0.15) is 17.0 Å². The molecule has 0 amide bonds. The second-order valence-corrected chi connectivity index (χ2v) is 5.53. The second kappa shape index (κ2) is 6.62. The minimum absolute atomic E-state index is 0.00865. The van der Waals surface area contributed by atoms with Gasteiger partial charge in [-0.2, -0.15) is 0 Å². The van der Waals surface area contributed by atoms with Crippen molar-refractivity contribution >= 4 is 34.8 Å². The smallest absolute Gasteiger partial charge is 0.0503 e. The summed E-state index contributed by atoms with van der Waals surface area (Å²) < 4.78 is 0. The molecule has 0 saturated carbocycles. The summed E-state index contributed by atoms with van der Waals surface area (Å²) in [6.45, 7) is -0.00865. The van der Waals surface area contributed by atoms with Gasteiger partial charge < -0.3 is 5.11 Å². The Labute approximate surface area is 127 Å². The molecular formula is C15H13Cl3O. The minimum Gasteiger partial charge on any atom is -0.396 e. The summed E-state index contributed by atoms with van der Waals surface area (Å²) in [7, 11) is 0. The lowest BCUT2D eigenvalue weighted by molar-refractivity contribution is 0.264. The maximum Gasteiger partial charge on any atom is 0.0503 e. The molecule has 0 heterocycles. The minimum atomic E-state index is -0.119. The van der Waals surface area contributed by atoms with E-state index in [9.17, 15) is 5.11 Å². The summed E-state index contributed by atoms with van der Waals surface area (Å²) in [6, 6.07) is 12.9. The van der Waals surface area contributed by atoms with E-state index in [-0.39, 0.29) is 12.5 Å². The molecular weight excluding hydrogens is 303 g/mol. The van der Waals surface area contributed by atoms with Crippen molar-refractivity contribution in [1.29, 1.82) is 0 Å². The molecule has 1 nitrogen and oxygen atoms in total. The Hall–Kier alpha value is -0.730. The van der Waals surface area contributed by atoms with Gasteiger partial charge in [-0.25, -0.2) is 0 Å². The largest absolute Gasteiger partial charge is 0.396 e. The van der Waals surface area contributed by atoms with Gasteiger partial charge in [-0.15, -0.1) is 0 Å². The molecule has 0 fully saturated rings. The molecule has 1 atom stereocenters. The third-order valence-corrected chi connectivity index (χ3v) is 4.13. The summed E-state index contributed by atoms with van der Waals surface area (Å²) in [5.41, 5.74) is 1.74. The molecule has 0 aromatic heterocycles. The Morgan fingerprint density at radius 2 is 1.42 bits per heavy atom. The third-order valence-electron chi connectivity index (χ3n) is 3.08. The van der Waals surface area contributed by atoms with Crippen LogP contribution in [0.2, 0.25) is 15.1 Å². The van der Waals surface area contributed by atoms with Crippen LogP contribution in [0.15, 0.2) is 42.5 Å². The predicted molar refractivity (Wildman–Crippen MR) is 81.4 cm³/mol. The van der Waals surface area contributed by atoms with E-state index in [0.29, 0.717) is 21.5 Å². The van der Waals surface area contributed by atoms with Gasteiger partial charge in [0.25, 0.3) is 0 Å². The van der Waals surface area contributed by atoms with Crippen LogP contribution >= 0.6 is 34.8 Å². The van der Waals surface area contributed by atoms with E-state index in [1.807, 2.05) is 24.3 Å². The zero-order chi connectivity index (χ0) is 13.8. The van der Waals surface area contributed by atoms with E-state index in [1.54, 1.807) is 18.2 Å². The molecule has 0 aliphatic rings. The number of halogens is 3. The number of aliphatic hydroxyl groups excluding tert-OH is 1. The molecule has 0 radical (unpaired) electrons. The van der Waals surface area contributed by atoms with E-state index >= 15 is 0 Å². The summed E-state index contributed by atoms with van der Waals surface area (Å²) >= 11 is 18.5. The van der Waals surface area contributed by atoms with Gasteiger partial charge in [-0.1, -0.05) is 59.1 Å². The van der Waals surface area contributed by atoms with Crippen molar-refractivity contribution in [3.63, 3.8) is 0 Å². The topological polar surface area (TPSA) is 20.2 Å². The van der Waals surface area contributed by atoms with Crippen molar-refractivity contribution in [3.8, 4) is 0 Å². The predicted octanol–water partition coefficient (Wildman–Crippen LogP) is 4.97. The van der Waals surface area contributed by atoms with E-state index in [1.165, 1.54) is 0 Å².